The zero-order chi connectivity index (χ0) is 18.8. The normalized spacial score (nSPS) is 20.3. The Hall–Kier alpha value is -2.78. The van der Waals surface area contributed by atoms with Crippen molar-refractivity contribution >= 4 is 5.91 Å². The number of aromatic nitrogens is 2. The van der Waals surface area contributed by atoms with E-state index in [9.17, 15) is 24.5 Å². The first kappa shape index (κ1) is 18.0. The van der Waals surface area contributed by atoms with Crippen LogP contribution in [-0.4, -0.2) is 55.8 Å². The second-order valence-corrected chi connectivity index (χ2v) is 6.26. The molecular weight excluding hydrogens is 343 g/mol. The van der Waals surface area contributed by atoms with Crippen LogP contribution in [0.5, 0.6) is 11.6 Å². The number of amides is 1. The zero-order valence-corrected chi connectivity index (χ0v) is 14.1. The summed E-state index contributed by atoms with van der Waals surface area (Å²) in [5, 5.41) is 32.1. The van der Waals surface area contributed by atoms with Crippen LogP contribution in [0.1, 0.15) is 34.3 Å². The molecule has 1 aromatic heterocycles. The van der Waals surface area contributed by atoms with E-state index in [1.54, 1.807) is 11.9 Å². The van der Waals surface area contributed by atoms with E-state index >= 15 is 0 Å². The summed E-state index contributed by atoms with van der Waals surface area (Å²) in [6.07, 6.45) is -0.197. The van der Waals surface area contributed by atoms with E-state index in [0.717, 1.165) is 0 Å². The highest BCUT2D eigenvalue weighted by atomic mass is 19.1. The van der Waals surface area contributed by atoms with Gasteiger partial charge in [0.15, 0.2) is 11.5 Å². The predicted octanol–water partition coefficient (Wildman–Crippen LogP) is 0.694. The smallest absolute Gasteiger partial charge is 0.274 e. The molecule has 0 aliphatic carbocycles. The largest absolute Gasteiger partial charge is 0.501 e. The molecule has 1 fully saturated rings. The van der Waals surface area contributed by atoms with Gasteiger partial charge in [-0.1, -0.05) is 12.1 Å². The third-order valence-electron chi connectivity index (χ3n) is 4.29. The van der Waals surface area contributed by atoms with Crippen molar-refractivity contribution in [3.8, 4) is 11.6 Å². The van der Waals surface area contributed by atoms with Crippen molar-refractivity contribution in [3.63, 3.8) is 0 Å². The summed E-state index contributed by atoms with van der Waals surface area (Å²) in [6.45, 7) is 0.516. The fourth-order valence-electron chi connectivity index (χ4n) is 2.91. The van der Waals surface area contributed by atoms with Crippen molar-refractivity contribution in [2.75, 3.05) is 13.6 Å². The van der Waals surface area contributed by atoms with Crippen molar-refractivity contribution in [1.82, 2.24) is 20.2 Å². The first-order chi connectivity index (χ1) is 12.3. The van der Waals surface area contributed by atoms with E-state index in [-0.39, 0.29) is 29.9 Å². The molecule has 1 aromatic carbocycles. The molecule has 0 unspecified atom stereocenters. The van der Waals surface area contributed by atoms with Crippen molar-refractivity contribution < 1.29 is 24.5 Å². The van der Waals surface area contributed by atoms with Gasteiger partial charge in [-0.3, -0.25) is 9.69 Å². The molecule has 1 aliphatic heterocycles. The van der Waals surface area contributed by atoms with Crippen LogP contribution in [0.15, 0.2) is 24.3 Å². The second-order valence-electron chi connectivity index (χ2n) is 6.26. The maximum Gasteiger partial charge on any atom is 0.274 e. The van der Waals surface area contributed by atoms with E-state index in [2.05, 4.69) is 15.3 Å². The Labute approximate surface area is 148 Å². The number of nitrogens with zero attached hydrogens (tertiary/aromatic N) is 3. The van der Waals surface area contributed by atoms with Crippen LogP contribution in [-0.2, 0) is 6.54 Å². The van der Waals surface area contributed by atoms with Crippen LogP contribution in [0.4, 0.5) is 4.39 Å². The number of rotatable bonds is 4. The lowest BCUT2D eigenvalue weighted by atomic mass is 10.1. The molecule has 9 heteroatoms. The number of carbonyl (C=O) groups excluding carboxylic acids is 1. The predicted molar refractivity (Wildman–Crippen MR) is 88.9 cm³/mol. The molecule has 2 aromatic rings. The van der Waals surface area contributed by atoms with E-state index in [4.69, 9.17) is 0 Å². The van der Waals surface area contributed by atoms with Crippen LogP contribution < -0.4 is 5.32 Å². The second kappa shape index (κ2) is 7.22. The molecule has 4 N–H and O–H groups in total. The van der Waals surface area contributed by atoms with Crippen LogP contribution >= 0.6 is 0 Å². The number of aliphatic hydroxyl groups excluding tert-OH is 1. The van der Waals surface area contributed by atoms with E-state index < -0.39 is 23.6 Å². The first-order valence-electron chi connectivity index (χ1n) is 8.06. The SMILES string of the molecule is CN1C[C@H](O)C[C@H]1c1nc(O)c(O)c(C(=O)NCc2ccc(F)cc2)n1. The first-order valence-corrected chi connectivity index (χ1v) is 8.06. The summed E-state index contributed by atoms with van der Waals surface area (Å²) in [5.41, 5.74) is 0.306. The Kier molecular flexibility index (Phi) is 5.01. The summed E-state index contributed by atoms with van der Waals surface area (Å²) in [7, 11) is 1.77. The van der Waals surface area contributed by atoms with Gasteiger partial charge in [-0.25, -0.2) is 9.37 Å². The van der Waals surface area contributed by atoms with E-state index in [1.807, 2.05) is 0 Å². The monoisotopic (exact) mass is 362 g/mol. The zero-order valence-electron chi connectivity index (χ0n) is 14.1. The number of halogens is 1. The lowest BCUT2D eigenvalue weighted by Gasteiger charge is -2.18. The van der Waals surface area contributed by atoms with Gasteiger partial charge in [-0.05, 0) is 31.2 Å². The Morgan fingerprint density at radius 3 is 2.62 bits per heavy atom. The molecule has 8 nitrogen and oxygen atoms in total. The van der Waals surface area contributed by atoms with Gasteiger partial charge in [-0.15, -0.1) is 0 Å². The van der Waals surface area contributed by atoms with Gasteiger partial charge in [0.05, 0.1) is 12.1 Å². The molecule has 0 spiro atoms. The molecule has 0 radical (unpaired) electrons. The van der Waals surface area contributed by atoms with Crippen LogP contribution in [0.25, 0.3) is 0 Å². The van der Waals surface area contributed by atoms with Crippen molar-refractivity contribution in [2.45, 2.75) is 25.1 Å². The minimum atomic E-state index is -0.716. The van der Waals surface area contributed by atoms with E-state index in [0.29, 0.717) is 18.5 Å². The molecular formula is C17H19FN4O4. The molecule has 0 bridgehead atoms. The minimum absolute atomic E-state index is 0.0979. The standard InChI is InChI=1S/C17H19FN4O4/c1-22-8-11(23)6-12(22)15-20-13(14(24)17(26)21-15)16(25)19-7-9-2-4-10(18)5-3-9/h2-5,11-12,23-24H,6-8H2,1H3,(H,19,25)(H,20,21,26)/t11-,12+/m1/s1. The Morgan fingerprint density at radius 2 is 2.00 bits per heavy atom. The molecule has 138 valence electrons. The summed E-state index contributed by atoms with van der Waals surface area (Å²) in [6, 6.07) is 5.21. The summed E-state index contributed by atoms with van der Waals surface area (Å²) in [5.74, 6) is -2.35. The molecule has 0 saturated carbocycles. The molecule has 1 amide bonds. The Balaban J connectivity index is 1.79. The summed E-state index contributed by atoms with van der Waals surface area (Å²) < 4.78 is 12.9. The fourth-order valence-corrected chi connectivity index (χ4v) is 2.91. The van der Waals surface area contributed by atoms with Gasteiger partial charge < -0.3 is 20.6 Å². The van der Waals surface area contributed by atoms with Gasteiger partial charge in [-0.2, -0.15) is 4.98 Å². The molecule has 2 atom stereocenters. The molecule has 2 heterocycles. The van der Waals surface area contributed by atoms with Crippen molar-refractivity contribution in [1.29, 1.82) is 0 Å². The minimum Gasteiger partial charge on any atom is -0.501 e. The maximum absolute atomic E-state index is 12.9. The third kappa shape index (κ3) is 3.73. The number of hydrogen-bond donors (Lipinski definition) is 4. The number of aromatic hydroxyl groups is 2. The maximum atomic E-state index is 12.9. The molecule has 3 rings (SSSR count). The molecule has 1 aliphatic rings. The van der Waals surface area contributed by atoms with Gasteiger partial charge in [0, 0.05) is 13.1 Å². The van der Waals surface area contributed by atoms with Gasteiger partial charge >= 0.3 is 0 Å². The Bertz CT molecular complexity index is 815. The number of likely N-dealkylation sites (tertiary alicyclic amines) is 1. The molecule has 1 saturated heterocycles. The summed E-state index contributed by atoms with van der Waals surface area (Å²) in [4.78, 5) is 22.1. The third-order valence-corrected chi connectivity index (χ3v) is 4.29. The topological polar surface area (TPSA) is 119 Å². The van der Waals surface area contributed by atoms with Crippen molar-refractivity contribution in [2.24, 2.45) is 0 Å². The van der Waals surface area contributed by atoms with Gasteiger partial charge in [0.1, 0.15) is 5.82 Å². The number of β-amino-alcohol motifs (C(OH)–C–C–N with tert-alkyl or cyclic N) is 1. The number of benzene rings is 1. The van der Waals surface area contributed by atoms with Crippen LogP contribution in [0.2, 0.25) is 0 Å². The lowest BCUT2D eigenvalue weighted by Crippen LogP contribution is -2.26. The summed E-state index contributed by atoms with van der Waals surface area (Å²) >= 11 is 0. The highest BCUT2D eigenvalue weighted by Crippen LogP contribution is 2.33. The average Bonchev–Trinajstić information content (AvgIpc) is 2.94. The van der Waals surface area contributed by atoms with Gasteiger partial charge in [0.25, 0.3) is 11.8 Å². The molecule has 26 heavy (non-hydrogen) atoms. The Morgan fingerprint density at radius 1 is 1.31 bits per heavy atom. The average molecular weight is 362 g/mol. The number of aliphatic hydroxyl groups is 1. The van der Waals surface area contributed by atoms with E-state index in [1.165, 1.54) is 24.3 Å². The fraction of sp³-hybridized carbons (Fsp3) is 0.353. The van der Waals surface area contributed by atoms with Crippen molar-refractivity contribution in [3.05, 3.63) is 47.2 Å². The number of likely N-dealkylation sites (N-methyl/N-ethyl adjacent to an activating group) is 1. The number of carbonyl (C=O) groups is 1. The van der Waals surface area contributed by atoms with Gasteiger partial charge in [0.2, 0.25) is 5.75 Å². The lowest BCUT2D eigenvalue weighted by molar-refractivity contribution is 0.0940. The highest BCUT2D eigenvalue weighted by Gasteiger charge is 2.33. The number of nitrogens with one attached hydrogen (secondary N) is 1. The van der Waals surface area contributed by atoms with Crippen LogP contribution in [0, 0.1) is 5.82 Å². The quantitative estimate of drug-likeness (QED) is 0.632. The number of hydrogen-bond acceptors (Lipinski definition) is 7. The highest BCUT2D eigenvalue weighted by molar-refractivity contribution is 5.95. The van der Waals surface area contributed by atoms with Crippen LogP contribution in [0.3, 0.4) is 0 Å².